The van der Waals surface area contributed by atoms with E-state index in [1.54, 1.807) is 6.92 Å². The van der Waals surface area contributed by atoms with E-state index in [0.29, 0.717) is 0 Å². The number of aliphatic hydroxyl groups excluding tert-OH is 1. The minimum absolute atomic E-state index is 0. The predicted molar refractivity (Wildman–Crippen MR) is 191 cm³/mol. The summed E-state index contributed by atoms with van der Waals surface area (Å²) in [5.41, 5.74) is 4.47. The highest BCUT2D eigenvalue weighted by Gasteiger charge is 2.15. The molecule has 1 amide bonds. The Kier molecular flexibility index (Phi) is 30.5. The molecule has 0 saturated heterocycles. The van der Waals surface area contributed by atoms with Gasteiger partial charge >= 0.3 is 11.9 Å². The van der Waals surface area contributed by atoms with Crippen molar-refractivity contribution in [3.63, 3.8) is 0 Å². The van der Waals surface area contributed by atoms with Gasteiger partial charge in [-0.1, -0.05) is 77.1 Å². The van der Waals surface area contributed by atoms with E-state index in [0.717, 1.165) is 19.3 Å². The third-order valence-electron chi connectivity index (χ3n) is 4.86. The first kappa shape index (κ1) is 39.4. The lowest BCUT2D eigenvalue weighted by Crippen LogP contribution is -2.28. The monoisotopic (exact) mass is 597 g/mol. The van der Waals surface area contributed by atoms with Crippen molar-refractivity contribution in [3.8, 4) is 82.9 Å². The van der Waals surface area contributed by atoms with Gasteiger partial charge in [0.2, 0.25) is 5.91 Å². The summed E-state index contributed by atoms with van der Waals surface area (Å²) in [7, 11) is 0. The summed E-state index contributed by atoms with van der Waals surface area (Å²) in [5, 5.41) is 9.37. The lowest BCUT2D eigenvalue weighted by atomic mass is 10.1. The van der Waals surface area contributed by atoms with Gasteiger partial charge in [-0.3, -0.25) is 9.59 Å². The van der Waals surface area contributed by atoms with Gasteiger partial charge in [-0.2, -0.15) is 0 Å². The molecule has 0 fully saturated rings. The Balaban J connectivity index is -0.0000000688. The predicted octanol–water partition coefficient (Wildman–Crippen LogP) is 6.87. The first-order valence-corrected chi connectivity index (χ1v) is 14.0. The molecule has 7 nitrogen and oxygen atoms in total. The van der Waals surface area contributed by atoms with E-state index in [1.165, 1.54) is 58.3 Å². The average Bonchev–Trinajstić information content (AvgIpc) is 2.96. The molecule has 7 heteroatoms. The quantitative estimate of drug-likeness (QED) is 0.0868. The fourth-order valence-electron chi connectivity index (χ4n) is 2.96. The summed E-state index contributed by atoms with van der Waals surface area (Å²) < 4.78 is 10.1. The molecule has 0 aromatic heterocycles. The van der Waals surface area contributed by atoms with Gasteiger partial charge in [0.15, 0.2) is 6.10 Å². The zero-order valence-corrected chi connectivity index (χ0v) is 25.0. The number of rotatable bonds is 16. The number of amides is 1. The topological polar surface area (TPSA) is 116 Å². The molecule has 0 aromatic carbocycles. The van der Waals surface area contributed by atoms with Gasteiger partial charge in [-0.05, 0) is 84.4 Å². The van der Waals surface area contributed by atoms with E-state index in [4.69, 9.17) is 9.47 Å². The van der Waals surface area contributed by atoms with Crippen LogP contribution in [0, 0.1) is 82.9 Å². The number of nitrogens with two attached hydrogens (primary N) is 1. The Hall–Kier alpha value is -4.71. The standard InChI is InChI=1S/C33H36O5.C2H5NO.13H2/c1-3-5-7-9-11-13-15-16-18-19-21-23-25-27-32(35)37-30-31(29-34)38-33(36)28-26-24-22-20-17-14-12-10-8-6-4-2;1-2(3)4;;;;;;;;;;;;;/h31,34H,4,6,8,10,12,14,17,20,22,24,26,28-30H2,1-2H3;1H3,(H2,3,4);13*1H/t31-;;;;;;;;;;;;;;/m0............../s1. The number of primary amides is 1. The zero-order valence-electron chi connectivity index (χ0n) is 25.0. The molecular formula is C35H67NO6. The molecule has 0 aliphatic carbocycles. The average molecular weight is 598 g/mol. The number of hydrogen-bond donors (Lipinski definition) is 2. The maximum Gasteiger partial charge on any atom is 0.385 e. The summed E-state index contributed by atoms with van der Waals surface area (Å²) in [4.78, 5) is 32.8. The molecule has 0 rings (SSSR count). The molecule has 0 radical (unpaired) electrons. The van der Waals surface area contributed by atoms with Crippen LogP contribution in [0.5, 0.6) is 0 Å². The van der Waals surface area contributed by atoms with Gasteiger partial charge in [0.1, 0.15) is 6.61 Å². The van der Waals surface area contributed by atoms with Crippen LogP contribution in [0.1, 0.15) is 116 Å². The molecule has 1 atom stereocenters. The van der Waals surface area contributed by atoms with E-state index in [1.807, 2.05) is 0 Å². The molecule has 0 saturated carbocycles. The van der Waals surface area contributed by atoms with Crippen molar-refractivity contribution in [3.05, 3.63) is 0 Å². The van der Waals surface area contributed by atoms with Crippen molar-refractivity contribution >= 4 is 17.8 Å². The van der Waals surface area contributed by atoms with Gasteiger partial charge in [0.25, 0.3) is 0 Å². The summed E-state index contributed by atoms with van der Waals surface area (Å²) in [6.45, 7) is 4.47. The molecule has 0 spiro atoms. The fourth-order valence-corrected chi connectivity index (χ4v) is 2.96. The number of aliphatic hydroxyl groups is 1. The summed E-state index contributed by atoms with van der Waals surface area (Å²) in [6, 6.07) is 0. The highest BCUT2D eigenvalue weighted by molar-refractivity contribution is 5.89. The number of carbonyl (C=O) groups excluding carboxylic acids is 3. The van der Waals surface area contributed by atoms with Crippen molar-refractivity contribution in [2.24, 2.45) is 5.73 Å². The first-order chi connectivity index (χ1) is 20.4. The third-order valence-corrected chi connectivity index (χ3v) is 4.86. The number of carbonyl (C=O) groups is 3. The Bertz CT molecular complexity index is 1290. The van der Waals surface area contributed by atoms with Crippen LogP contribution < -0.4 is 5.73 Å². The van der Waals surface area contributed by atoms with Crippen molar-refractivity contribution in [2.45, 2.75) is 104 Å². The number of hydrogen-bond acceptors (Lipinski definition) is 6. The fraction of sp³-hybridized carbons (Fsp3) is 0.514. The second-order valence-corrected chi connectivity index (χ2v) is 8.66. The minimum atomic E-state index is -0.926. The third kappa shape index (κ3) is 35.3. The minimum Gasteiger partial charge on any atom is -0.456 e. The number of esters is 2. The molecular weight excluding hydrogens is 530 g/mol. The van der Waals surface area contributed by atoms with Gasteiger partial charge in [0, 0.05) is 37.8 Å². The molecule has 0 aliphatic rings. The van der Waals surface area contributed by atoms with E-state index in [-0.39, 0.29) is 37.5 Å². The zero-order chi connectivity index (χ0) is 31.5. The first-order valence-electron chi connectivity index (χ1n) is 14.0. The van der Waals surface area contributed by atoms with Crippen LogP contribution in [0.15, 0.2) is 0 Å². The van der Waals surface area contributed by atoms with E-state index in [9.17, 15) is 19.5 Å². The van der Waals surface area contributed by atoms with Gasteiger partial charge in [-0.15, -0.1) is 0 Å². The van der Waals surface area contributed by atoms with Crippen LogP contribution in [0.2, 0.25) is 0 Å². The Morgan fingerprint density at radius 1 is 0.714 bits per heavy atom. The summed E-state index contributed by atoms with van der Waals surface area (Å²) >= 11 is 0. The highest BCUT2D eigenvalue weighted by atomic mass is 16.6. The van der Waals surface area contributed by atoms with Crippen LogP contribution in [-0.2, 0) is 23.9 Å². The van der Waals surface area contributed by atoms with Gasteiger partial charge in [-0.25, -0.2) is 4.79 Å². The smallest absolute Gasteiger partial charge is 0.385 e. The number of ether oxygens (including phenoxy) is 2. The molecule has 0 bridgehead atoms. The second-order valence-electron chi connectivity index (χ2n) is 8.66. The largest absolute Gasteiger partial charge is 0.456 e. The molecule has 0 aliphatic heterocycles. The molecule has 248 valence electrons. The van der Waals surface area contributed by atoms with Crippen LogP contribution in [0.3, 0.4) is 0 Å². The highest BCUT2D eigenvalue weighted by Crippen LogP contribution is 2.12. The Morgan fingerprint density at radius 2 is 1.12 bits per heavy atom. The Morgan fingerprint density at radius 3 is 1.55 bits per heavy atom. The van der Waals surface area contributed by atoms with E-state index >= 15 is 0 Å². The van der Waals surface area contributed by atoms with Gasteiger partial charge < -0.3 is 20.3 Å². The lowest BCUT2D eigenvalue weighted by Gasteiger charge is -2.14. The lowest BCUT2D eigenvalue weighted by molar-refractivity contribution is -0.159. The normalized spacial score (nSPS) is 8.76. The van der Waals surface area contributed by atoms with E-state index in [2.05, 4.69) is 95.5 Å². The van der Waals surface area contributed by atoms with Crippen LogP contribution in [0.25, 0.3) is 0 Å². The van der Waals surface area contributed by atoms with Crippen LogP contribution in [-0.4, -0.2) is 42.3 Å². The summed E-state index contributed by atoms with van der Waals surface area (Å²) in [6.07, 6.45) is 12.5. The van der Waals surface area contributed by atoms with Crippen molar-refractivity contribution < 1.29 is 47.5 Å². The molecule has 3 N–H and O–H groups in total. The molecule has 42 heavy (non-hydrogen) atoms. The molecule has 0 heterocycles. The van der Waals surface area contributed by atoms with Crippen molar-refractivity contribution in [1.82, 2.24) is 0 Å². The van der Waals surface area contributed by atoms with Crippen molar-refractivity contribution in [1.29, 1.82) is 0 Å². The van der Waals surface area contributed by atoms with E-state index < -0.39 is 24.6 Å². The molecule has 0 unspecified atom stereocenters. The van der Waals surface area contributed by atoms with Gasteiger partial charge in [0.05, 0.1) is 6.61 Å². The summed E-state index contributed by atoms with van der Waals surface area (Å²) in [5.74, 6) is 32.6. The van der Waals surface area contributed by atoms with Crippen molar-refractivity contribution in [2.75, 3.05) is 13.2 Å². The maximum atomic E-state index is 12.0. The number of unbranched alkanes of at least 4 members (excludes halogenated alkanes) is 10. The Labute approximate surface area is 271 Å². The molecule has 0 aromatic rings. The van der Waals surface area contributed by atoms with Crippen LogP contribution >= 0.6 is 0 Å². The maximum absolute atomic E-state index is 12.0. The van der Waals surface area contributed by atoms with Crippen LogP contribution in [0.4, 0.5) is 0 Å². The SMILES string of the molecule is CC#CC#CC#CC#CC#CC#CC#CC(=O)OC[C@H](CO)OC(=O)CCCCCCCCCCCCC.CC(N)=O.[HH].[HH].[HH].[HH].[HH].[HH].[HH].[HH].[HH].[HH].[HH].[HH].[HH]. The second kappa shape index (κ2) is 32.5.